The number of alkyl carbamates (subject to hydrolysis) is 2. The number of hydrogen-bond donors (Lipinski definition) is 4. The van der Waals surface area contributed by atoms with E-state index in [1.165, 1.54) is 14.2 Å². The molecule has 0 spiro atoms. The van der Waals surface area contributed by atoms with Crippen LogP contribution < -0.4 is 10.6 Å². The fourth-order valence-corrected chi connectivity index (χ4v) is 8.09. The Kier molecular flexibility index (Phi) is 11.3. The molecule has 4 atom stereocenters. The van der Waals surface area contributed by atoms with Crippen molar-refractivity contribution in [3.05, 3.63) is 66.0 Å². The van der Waals surface area contributed by atoms with Crippen molar-refractivity contribution in [3.8, 4) is 28.6 Å². The van der Waals surface area contributed by atoms with Gasteiger partial charge < -0.3 is 39.9 Å². The molecule has 2 aliphatic heterocycles. The molecule has 2 saturated heterocycles. The van der Waals surface area contributed by atoms with Crippen molar-refractivity contribution >= 4 is 45.8 Å². The second-order valence-corrected chi connectivity index (χ2v) is 15.5. The van der Waals surface area contributed by atoms with Gasteiger partial charge in [-0.15, -0.1) is 0 Å². The van der Waals surface area contributed by atoms with Crippen LogP contribution in [0.3, 0.4) is 0 Å². The molecule has 5 aromatic rings. The Morgan fingerprint density at radius 1 is 0.741 bits per heavy atom. The van der Waals surface area contributed by atoms with E-state index in [2.05, 4.69) is 36.6 Å². The summed E-state index contributed by atoms with van der Waals surface area (Å²) in [7, 11) is 2.55. The van der Waals surface area contributed by atoms with Crippen LogP contribution in [0.1, 0.15) is 82.7 Å². The van der Waals surface area contributed by atoms with E-state index in [9.17, 15) is 24.4 Å². The summed E-state index contributed by atoms with van der Waals surface area (Å²) in [5.74, 6) is 0.660. The third kappa shape index (κ3) is 7.63. The summed E-state index contributed by atoms with van der Waals surface area (Å²) in [4.78, 5) is 75.9. The zero-order valence-electron chi connectivity index (χ0n) is 33.5. The largest absolute Gasteiger partial charge is 0.453 e. The number of pyridine rings is 1. The molecule has 2 aromatic carbocycles. The minimum Gasteiger partial charge on any atom is -0.453 e. The van der Waals surface area contributed by atoms with Crippen LogP contribution >= 0.6 is 0 Å². The summed E-state index contributed by atoms with van der Waals surface area (Å²) in [6, 6.07) is 11.9. The standard InChI is InChI=1S/C42H48N10O6/c1-22(2)35(49-41(55)57-5)39(53)51-15-7-9-33(51)37-44-20-31(47-37)24-12-14-29-27(17-24)28(19-43)26-13-11-25(18-30(26)46-29)32-21-45-38(48-32)34-10-8-16-52(34)40(54)36(23(3)4)50-42(56)58-6/h11-14,17-18,20-23,33-36H,7-10,15-16H2,1-6H3,(H,44,47)(H,45,48)(H,49,55)(H,50,56)/t33-,34-,35-,36-/m0/s1. The number of benzene rings is 2. The number of nitrogens with one attached hydrogen (secondary N) is 4. The number of methoxy groups -OCH3 is 2. The minimum absolute atomic E-state index is 0.140. The molecule has 16 heteroatoms. The number of aromatic amines is 2. The molecule has 7 rings (SSSR count). The van der Waals surface area contributed by atoms with Gasteiger partial charge in [0.05, 0.1) is 66.7 Å². The summed E-state index contributed by atoms with van der Waals surface area (Å²) in [5, 5.41) is 17.2. The highest BCUT2D eigenvalue weighted by Crippen LogP contribution is 2.36. The van der Waals surface area contributed by atoms with E-state index in [0.29, 0.717) is 52.1 Å². The first kappa shape index (κ1) is 39.7. The van der Waals surface area contributed by atoms with Crippen LogP contribution in [0.5, 0.6) is 0 Å². The molecule has 0 aliphatic carbocycles. The molecule has 3 aromatic heterocycles. The minimum atomic E-state index is -0.732. The molecule has 58 heavy (non-hydrogen) atoms. The van der Waals surface area contributed by atoms with E-state index in [0.717, 1.165) is 48.2 Å². The van der Waals surface area contributed by atoms with Crippen LogP contribution in [0, 0.1) is 23.2 Å². The lowest BCUT2D eigenvalue weighted by molar-refractivity contribution is -0.136. The highest BCUT2D eigenvalue weighted by atomic mass is 16.5. The predicted octanol–water partition coefficient (Wildman–Crippen LogP) is 6.13. The van der Waals surface area contributed by atoms with E-state index in [-0.39, 0.29) is 35.7 Å². The Bertz CT molecular complexity index is 2410. The molecular formula is C42H48N10O6. The molecule has 302 valence electrons. The van der Waals surface area contributed by atoms with Gasteiger partial charge in [0.2, 0.25) is 11.8 Å². The number of nitrogens with zero attached hydrogens (tertiary/aromatic N) is 6. The van der Waals surface area contributed by atoms with Gasteiger partial charge in [0.15, 0.2) is 0 Å². The maximum absolute atomic E-state index is 13.6. The first-order valence-corrected chi connectivity index (χ1v) is 19.6. The van der Waals surface area contributed by atoms with Gasteiger partial charge in [-0.05, 0) is 55.7 Å². The van der Waals surface area contributed by atoms with E-state index in [1.807, 2.05) is 64.1 Å². The second kappa shape index (κ2) is 16.5. The number of carbonyl (C=O) groups excluding carboxylic acids is 4. The quantitative estimate of drug-likeness (QED) is 0.119. The Labute approximate surface area is 335 Å². The number of fused-ring (bicyclic) bond motifs is 2. The summed E-state index contributed by atoms with van der Waals surface area (Å²) in [6.07, 6.45) is 5.23. The topological polar surface area (TPSA) is 211 Å². The van der Waals surface area contributed by atoms with Crippen LogP contribution in [-0.4, -0.2) is 98.1 Å². The molecular weight excluding hydrogens is 741 g/mol. The Morgan fingerprint density at radius 3 is 1.72 bits per heavy atom. The Hall–Kier alpha value is -6.50. The molecule has 16 nitrogen and oxygen atoms in total. The number of imidazole rings is 2. The van der Waals surface area contributed by atoms with Crippen LogP contribution in [0.15, 0.2) is 48.8 Å². The van der Waals surface area contributed by atoms with E-state index < -0.39 is 24.3 Å². The molecule has 2 fully saturated rings. The third-order valence-electron chi connectivity index (χ3n) is 11.2. The molecule has 0 saturated carbocycles. The first-order chi connectivity index (χ1) is 27.9. The fraction of sp³-hybridized carbons (Fsp3) is 0.429. The van der Waals surface area contributed by atoms with Gasteiger partial charge in [0.1, 0.15) is 29.8 Å². The maximum atomic E-state index is 13.6. The number of ether oxygens (including phenoxy) is 2. The third-order valence-corrected chi connectivity index (χ3v) is 11.2. The number of carbonyl (C=O) groups is 4. The van der Waals surface area contributed by atoms with Gasteiger partial charge in [0.25, 0.3) is 0 Å². The van der Waals surface area contributed by atoms with E-state index in [1.54, 1.807) is 22.2 Å². The maximum Gasteiger partial charge on any atom is 0.407 e. The lowest BCUT2D eigenvalue weighted by Gasteiger charge is -2.30. The van der Waals surface area contributed by atoms with Gasteiger partial charge in [-0.25, -0.2) is 24.5 Å². The number of nitriles is 1. The van der Waals surface area contributed by atoms with Gasteiger partial charge in [-0.3, -0.25) is 9.59 Å². The first-order valence-electron chi connectivity index (χ1n) is 19.6. The number of aromatic nitrogens is 5. The normalized spacial score (nSPS) is 17.8. The van der Waals surface area contributed by atoms with Crippen molar-refractivity contribution in [2.45, 2.75) is 77.5 Å². The average molecular weight is 789 g/mol. The Balaban J connectivity index is 1.12. The summed E-state index contributed by atoms with van der Waals surface area (Å²) in [5.41, 5.74) is 4.91. The van der Waals surface area contributed by atoms with E-state index in [4.69, 9.17) is 14.5 Å². The van der Waals surface area contributed by atoms with Gasteiger partial charge in [-0.2, -0.15) is 5.26 Å². The highest BCUT2D eigenvalue weighted by Gasteiger charge is 2.39. The van der Waals surface area contributed by atoms with Crippen LogP contribution in [0.4, 0.5) is 9.59 Å². The van der Waals surface area contributed by atoms with Crippen LogP contribution in [-0.2, 0) is 19.1 Å². The van der Waals surface area contributed by atoms with Gasteiger partial charge in [-0.1, -0.05) is 45.9 Å². The summed E-state index contributed by atoms with van der Waals surface area (Å²) in [6.45, 7) is 8.62. The predicted molar refractivity (Wildman–Crippen MR) is 215 cm³/mol. The van der Waals surface area contributed by atoms with Crippen molar-refractivity contribution < 1.29 is 28.7 Å². The van der Waals surface area contributed by atoms with Gasteiger partial charge in [0, 0.05) is 35.0 Å². The highest BCUT2D eigenvalue weighted by molar-refractivity contribution is 6.02. The lowest BCUT2D eigenvalue weighted by atomic mass is 9.99. The molecule has 0 radical (unpaired) electrons. The molecule has 0 bridgehead atoms. The molecule has 4 N–H and O–H groups in total. The van der Waals surface area contributed by atoms with Crippen molar-refractivity contribution in [1.82, 2.24) is 45.4 Å². The Morgan fingerprint density at radius 2 is 1.24 bits per heavy atom. The fourth-order valence-electron chi connectivity index (χ4n) is 8.09. The van der Waals surface area contributed by atoms with Crippen LogP contribution in [0.25, 0.3) is 44.3 Å². The van der Waals surface area contributed by atoms with E-state index >= 15 is 0 Å². The number of likely N-dealkylation sites (tertiary alicyclic amines) is 2. The molecule has 5 heterocycles. The smallest absolute Gasteiger partial charge is 0.407 e. The molecule has 4 amide bonds. The van der Waals surface area contributed by atoms with Crippen molar-refractivity contribution in [3.63, 3.8) is 0 Å². The van der Waals surface area contributed by atoms with Gasteiger partial charge >= 0.3 is 12.2 Å². The lowest BCUT2D eigenvalue weighted by Crippen LogP contribution is -2.51. The zero-order valence-corrected chi connectivity index (χ0v) is 33.5. The monoisotopic (exact) mass is 788 g/mol. The van der Waals surface area contributed by atoms with Crippen LogP contribution in [0.2, 0.25) is 0 Å². The molecule has 0 unspecified atom stereocenters. The number of amides is 4. The van der Waals surface area contributed by atoms with Crippen molar-refractivity contribution in [2.75, 3.05) is 27.3 Å². The average Bonchev–Trinajstić information content (AvgIpc) is 4.06. The number of rotatable bonds is 10. The number of H-pyrrole nitrogens is 2. The second-order valence-electron chi connectivity index (χ2n) is 15.5. The zero-order chi connectivity index (χ0) is 41.2. The summed E-state index contributed by atoms with van der Waals surface area (Å²) >= 11 is 0. The molecule has 2 aliphatic rings. The van der Waals surface area contributed by atoms with Crippen molar-refractivity contribution in [2.24, 2.45) is 11.8 Å². The number of hydrogen-bond acceptors (Lipinski definition) is 10. The van der Waals surface area contributed by atoms with Crippen molar-refractivity contribution in [1.29, 1.82) is 5.26 Å². The summed E-state index contributed by atoms with van der Waals surface area (Å²) < 4.78 is 9.52. The SMILES string of the molecule is COC(=O)N[C@H](C(=O)N1CCC[C@H]1c1ncc(-c2ccc3c(C#N)c4cc(-c5cnc([C@@H]6CCCN6C(=O)[C@@H](NC(=O)OC)C(C)C)[nH]5)ccc4nc3c2)[nH]1)C(C)C.